The SMILES string of the molecule is N#Cc1cc(Cl)cc(Oc2c(F)c(OCc3ccccc3)nc(F)c2Cl)c1. The number of hydrogen-bond acceptors (Lipinski definition) is 4. The van der Waals surface area contributed by atoms with Crippen LogP contribution in [0.1, 0.15) is 11.1 Å². The minimum atomic E-state index is -1.15. The summed E-state index contributed by atoms with van der Waals surface area (Å²) >= 11 is 11.7. The zero-order chi connectivity index (χ0) is 19.4. The Kier molecular flexibility index (Phi) is 5.75. The van der Waals surface area contributed by atoms with Crippen LogP contribution in [0.15, 0.2) is 48.5 Å². The van der Waals surface area contributed by atoms with Gasteiger partial charge in [-0.2, -0.15) is 19.0 Å². The molecule has 1 heterocycles. The summed E-state index contributed by atoms with van der Waals surface area (Å²) in [6.07, 6.45) is 0. The average Bonchev–Trinajstić information content (AvgIpc) is 2.67. The maximum Gasteiger partial charge on any atom is 0.257 e. The molecule has 0 aliphatic rings. The number of nitriles is 1. The predicted octanol–water partition coefficient (Wildman–Crippen LogP) is 5.91. The van der Waals surface area contributed by atoms with E-state index in [9.17, 15) is 8.78 Å². The minimum Gasteiger partial charge on any atom is -0.471 e. The summed E-state index contributed by atoms with van der Waals surface area (Å²) in [5.41, 5.74) is 0.925. The first-order valence-corrected chi connectivity index (χ1v) is 8.33. The third kappa shape index (κ3) is 4.45. The lowest BCUT2D eigenvalue weighted by Crippen LogP contribution is -2.04. The highest BCUT2D eigenvalue weighted by Crippen LogP contribution is 2.38. The van der Waals surface area contributed by atoms with E-state index in [4.69, 9.17) is 37.9 Å². The summed E-state index contributed by atoms with van der Waals surface area (Å²) < 4.78 is 39.3. The van der Waals surface area contributed by atoms with Gasteiger partial charge in [-0.1, -0.05) is 53.5 Å². The second-order valence-electron chi connectivity index (χ2n) is 5.33. The fourth-order valence-corrected chi connectivity index (χ4v) is 2.58. The van der Waals surface area contributed by atoms with Gasteiger partial charge in [0.15, 0.2) is 5.75 Å². The molecule has 0 saturated heterocycles. The van der Waals surface area contributed by atoms with E-state index in [1.165, 1.54) is 18.2 Å². The Labute approximate surface area is 163 Å². The van der Waals surface area contributed by atoms with Crippen LogP contribution >= 0.6 is 23.2 Å². The van der Waals surface area contributed by atoms with Crippen LogP contribution in [0.4, 0.5) is 8.78 Å². The van der Waals surface area contributed by atoms with Gasteiger partial charge >= 0.3 is 0 Å². The molecule has 0 aliphatic carbocycles. The molecule has 8 heteroatoms. The topological polar surface area (TPSA) is 55.1 Å². The lowest BCUT2D eigenvalue weighted by atomic mass is 10.2. The van der Waals surface area contributed by atoms with Crippen LogP contribution in [0.25, 0.3) is 0 Å². The molecule has 136 valence electrons. The van der Waals surface area contributed by atoms with Crippen LogP contribution in [0.2, 0.25) is 10.0 Å². The second-order valence-corrected chi connectivity index (χ2v) is 6.14. The van der Waals surface area contributed by atoms with Crippen LogP contribution in [0, 0.1) is 23.1 Å². The fraction of sp³-hybridized carbons (Fsp3) is 0.0526. The van der Waals surface area contributed by atoms with E-state index in [1.54, 1.807) is 24.3 Å². The van der Waals surface area contributed by atoms with Crippen LogP contribution in [-0.4, -0.2) is 4.98 Å². The molecule has 2 aromatic carbocycles. The molecule has 0 unspecified atom stereocenters. The number of ether oxygens (including phenoxy) is 2. The van der Waals surface area contributed by atoms with E-state index >= 15 is 0 Å². The van der Waals surface area contributed by atoms with Gasteiger partial charge in [0.2, 0.25) is 11.8 Å². The first kappa shape index (κ1) is 18.9. The van der Waals surface area contributed by atoms with Crippen molar-refractivity contribution in [3.8, 4) is 23.4 Å². The number of aromatic nitrogens is 1. The van der Waals surface area contributed by atoms with Gasteiger partial charge in [0.1, 0.15) is 17.4 Å². The Morgan fingerprint density at radius 1 is 1.07 bits per heavy atom. The Morgan fingerprint density at radius 3 is 2.52 bits per heavy atom. The van der Waals surface area contributed by atoms with Crippen molar-refractivity contribution in [2.24, 2.45) is 0 Å². The summed E-state index contributed by atoms with van der Waals surface area (Å²) in [5.74, 6) is -3.43. The van der Waals surface area contributed by atoms with Crippen molar-refractivity contribution in [2.75, 3.05) is 0 Å². The molecular weight excluding hydrogens is 397 g/mol. The van der Waals surface area contributed by atoms with Gasteiger partial charge in [0.25, 0.3) is 5.88 Å². The molecule has 3 aromatic rings. The van der Waals surface area contributed by atoms with Gasteiger partial charge in [-0.05, 0) is 23.8 Å². The van der Waals surface area contributed by atoms with Gasteiger partial charge in [0.05, 0.1) is 11.6 Å². The number of hydrogen-bond donors (Lipinski definition) is 0. The number of nitrogens with zero attached hydrogens (tertiary/aromatic N) is 2. The smallest absolute Gasteiger partial charge is 0.257 e. The standard InChI is InChI=1S/C19H10Cl2F2N2O2/c20-13-6-12(9-24)7-14(8-13)27-17-15(21)18(23)25-19(16(17)22)26-10-11-4-2-1-3-5-11/h1-8H,10H2. The van der Waals surface area contributed by atoms with Crippen LogP contribution in [0.5, 0.6) is 17.4 Å². The number of pyridine rings is 1. The fourth-order valence-electron chi connectivity index (χ4n) is 2.19. The highest BCUT2D eigenvalue weighted by molar-refractivity contribution is 6.32. The van der Waals surface area contributed by atoms with Crippen LogP contribution in [-0.2, 0) is 6.61 Å². The Bertz CT molecular complexity index is 1020. The highest BCUT2D eigenvalue weighted by Gasteiger charge is 2.23. The molecule has 0 bridgehead atoms. The zero-order valence-electron chi connectivity index (χ0n) is 13.5. The van der Waals surface area contributed by atoms with E-state index in [-0.39, 0.29) is 22.9 Å². The van der Waals surface area contributed by atoms with Gasteiger partial charge in [-0.15, -0.1) is 0 Å². The second kappa shape index (κ2) is 8.21. The quantitative estimate of drug-likeness (QED) is 0.494. The molecule has 0 radical (unpaired) electrons. The van der Waals surface area contributed by atoms with E-state index < -0.39 is 28.4 Å². The minimum absolute atomic E-state index is 0.0134. The normalized spacial score (nSPS) is 10.3. The van der Waals surface area contributed by atoms with E-state index in [0.29, 0.717) is 0 Å². The summed E-state index contributed by atoms with van der Waals surface area (Å²) in [4.78, 5) is 3.39. The average molecular weight is 407 g/mol. The Balaban J connectivity index is 1.92. The van der Waals surface area contributed by atoms with Crippen molar-refractivity contribution in [2.45, 2.75) is 6.61 Å². The summed E-state index contributed by atoms with van der Waals surface area (Å²) in [5, 5.41) is 8.51. The zero-order valence-corrected chi connectivity index (χ0v) is 15.1. The number of halogens is 4. The first-order chi connectivity index (χ1) is 13.0. The Morgan fingerprint density at radius 2 is 1.81 bits per heavy atom. The largest absolute Gasteiger partial charge is 0.471 e. The summed E-state index contributed by atoms with van der Waals surface area (Å²) in [7, 11) is 0. The predicted molar refractivity (Wildman–Crippen MR) is 96.2 cm³/mol. The molecule has 0 aliphatic heterocycles. The summed E-state index contributed by atoms with van der Waals surface area (Å²) in [6, 6.07) is 14.8. The van der Waals surface area contributed by atoms with Gasteiger partial charge in [-0.3, -0.25) is 0 Å². The van der Waals surface area contributed by atoms with Gasteiger partial charge in [0, 0.05) is 5.02 Å². The molecule has 0 N–H and O–H groups in total. The van der Waals surface area contributed by atoms with Gasteiger partial charge < -0.3 is 9.47 Å². The molecule has 0 spiro atoms. The molecule has 0 saturated carbocycles. The van der Waals surface area contributed by atoms with Crippen LogP contribution in [0.3, 0.4) is 0 Å². The maximum atomic E-state index is 14.7. The summed E-state index contributed by atoms with van der Waals surface area (Å²) in [6.45, 7) is -0.0268. The van der Waals surface area contributed by atoms with Crippen molar-refractivity contribution in [1.29, 1.82) is 5.26 Å². The molecule has 1 aromatic heterocycles. The third-order valence-electron chi connectivity index (χ3n) is 3.41. The molecule has 27 heavy (non-hydrogen) atoms. The molecule has 3 rings (SSSR count). The third-order valence-corrected chi connectivity index (χ3v) is 3.95. The van der Waals surface area contributed by atoms with Crippen molar-refractivity contribution >= 4 is 23.2 Å². The van der Waals surface area contributed by atoms with Gasteiger partial charge in [-0.25, -0.2) is 0 Å². The van der Waals surface area contributed by atoms with E-state index in [2.05, 4.69) is 4.98 Å². The number of benzene rings is 2. The van der Waals surface area contributed by atoms with Crippen LogP contribution < -0.4 is 9.47 Å². The lowest BCUT2D eigenvalue weighted by molar-refractivity contribution is 0.266. The van der Waals surface area contributed by atoms with Crippen molar-refractivity contribution < 1.29 is 18.3 Å². The molecule has 0 fully saturated rings. The molecular formula is C19H10Cl2F2N2O2. The first-order valence-electron chi connectivity index (χ1n) is 7.57. The number of rotatable bonds is 5. The lowest BCUT2D eigenvalue weighted by Gasteiger charge is -2.13. The van der Waals surface area contributed by atoms with E-state index in [1.807, 2.05) is 12.1 Å². The molecule has 0 amide bonds. The molecule has 4 nitrogen and oxygen atoms in total. The highest BCUT2D eigenvalue weighted by atomic mass is 35.5. The van der Waals surface area contributed by atoms with Crippen molar-refractivity contribution in [1.82, 2.24) is 4.98 Å². The van der Waals surface area contributed by atoms with Crippen molar-refractivity contribution in [3.05, 3.63) is 81.5 Å². The Hall–Kier alpha value is -2.88. The van der Waals surface area contributed by atoms with E-state index in [0.717, 1.165) is 5.56 Å². The van der Waals surface area contributed by atoms with Crippen molar-refractivity contribution in [3.63, 3.8) is 0 Å². The maximum absolute atomic E-state index is 14.7. The molecule has 0 atom stereocenters. The monoisotopic (exact) mass is 406 g/mol.